The molecule has 108 valence electrons. The van der Waals surface area contributed by atoms with Crippen molar-refractivity contribution in [3.05, 3.63) is 45.2 Å². The number of pyridine rings is 1. The Kier molecular flexibility index (Phi) is 5.50. The number of nitrogens with zero attached hydrogens (tertiary/aromatic N) is 1. The SMILES string of the molecule is CCc1ccc2c(C)c(C)c(=O)[nH]c2c1.CN(C)C=O. The lowest BCUT2D eigenvalue weighted by Gasteiger charge is -2.06. The van der Waals surface area contributed by atoms with Crippen molar-refractivity contribution < 1.29 is 4.79 Å². The van der Waals surface area contributed by atoms with Crippen LogP contribution in [0.2, 0.25) is 0 Å². The van der Waals surface area contributed by atoms with E-state index in [4.69, 9.17) is 0 Å². The summed E-state index contributed by atoms with van der Waals surface area (Å²) in [5, 5.41) is 1.14. The fourth-order valence-electron chi connectivity index (χ4n) is 1.83. The van der Waals surface area contributed by atoms with Crippen molar-refractivity contribution in [2.75, 3.05) is 14.1 Å². The molecule has 0 fully saturated rings. The van der Waals surface area contributed by atoms with E-state index in [0.717, 1.165) is 34.9 Å². The summed E-state index contributed by atoms with van der Waals surface area (Å²) in [6.07, 6.45) is 1.74. The zero-order valence-corrected chi connectivity index (χ0v) is 12.8. The van der Waals surface area contributed by atoms with Crippen LogP contribution in [0.4, 0.5) is 0 Å². The zero-order valence-electron chi connectivity index (χ0n) is 12.8. The minimum atomic E-state index is 0.0215. The van der Waals surface area contributed by atoms with Gasteiger partial charge in [0.25, 0.3) is 5.56 Å². The zero-order chi connectivity index (χ0) is 15.3. The second-order valence-corrected chi connectivity index (χ2v) is 5.01. The van der Waals surface area contributed by atoms with Gasteiger partial charge in [-0.05, 0) is 37.5 Å². The van der Waals surface area contributed by atoms with Gasteiger partial charge < -0.3 is 9.88 Å². The Bertz CT molecular complexity index is 657. The molecule has 0 radical (unpaired) electrons. The largest absolute Gasteiger partial charge is 0.351 e. The van der Waals surface area contributed by atoms with Crippen LogP contribution in [0, 0.1) is 13.8 Å². The Morgan fingerprint density at radius 2 is 1.80 bits per heavy atom. The molecule has 1 aromatic carbocycles. The summed E-state index contributed by atoms with van der Waals surface area (Å²) in [6.45, 7) is 5.97. The first-order valence-electron chi connectivity index (χ1n) is 6.64. The molecule has 20 heavy (non-hydrogen) atoms. The fourth-order valence-corrected chi connectivity index (χ4v) is 1.83. The van der Waals surface area contributed by atoms with E-state index in [9.17, 15) is 9.59 Å². The number of aromatic nitrogens is 1. The van der Waals surface area contributed by atoms with Crippen molar-refractivity contribution in [2.45, 2.75) is 27.2 Å². The lowest BCUT2D eigenvalue weighted by Crippen LogP contribution is -2.11. The molecule has 1 aromatic heterocycles. The van der Waals surface area contributed by atoms with Gasteiger partial charge in [-0.1, -0.05) is 19.1 Å². The normalized spacial score (nSPS) is 9.85. The maximum atomic E-state index is 11.6. The van der Waals surface area contributed by atoms with Gasteiger partial charge in [0, 0.05) is 30.6 Å². The maximum absolute atomic E-state index is 11.6. The van der Waals surface area contributed by atoms with Crippen LogP contribution in [0.25, 0.3) is 10.9 Å². The summed E-state index contributed by atoms with van der Waals surface area (Å²) in [6, 6.07) is 6.27. The molecule has 1 heterocycles. The number of carbonyl (C=O) groups is 1. The van der Waals surface area contributed by atoms with Crippen molar-refractivity contribution >= 4 is 17.3 Å². The standard InChI is InChI=1S/C13H15NO.C3H7NO/c1-4-10-5-6-11-8(2)9(3)13(15)14-12(11)7-10;1-4(2)3-5/h5-7H,4H2,1-3H3,(H,14,15);3H,1-2H3. The topological polar surface area (TPSA) is 53.2 Å². The molecule has 0 aliphatic heterocycles. The van der Waals surface area contributed by atoms with Crippen LogP contribution in [0.3, 0.4) is 0 Å². The molecule has 1 N–H and O–H groups in total. The highest BCUT2D eigenvalue weighted by atomic mass is 16.1. The van der Waals surface area contributed by atoms with Gasteiger partial charge in [-0.15, -0.1) is 0 Å². The molecule has 2 aromatic rings. The molecular formula is C16H22N2O2. The molecule has 0 aliphatic carbocycles. The Hall–Kier alpha value is -2.10. The van der Waals surface area contributed by atoms with E-state index in [0.29, 0.717) is 0 Å². The van der Waals surface area contributed by atoms with Crippen molar-refractivity contribution in [2.24, 2.45) is 0 Å². The molecular weight excluding hydrogens is 252 g/mol. The van der Waals surface area contributed by atoms with Gasteiger partial charge in [0.2, 0.25) is 6.41 Å². The maximum Gasteiger partial charge on any atom is 0.251 e. The molecule has 4 nitrogen and oxygen atoms in total. The third-order valence-corrected chi connectivity index (χ3v) is 3.26. The summed E-state index contributed by atoms with van der Waals surface area (Å²) in [4.78, 5) is 25.4. The minimum absolute atomic E-state index is 0.0215. The van der Waals surface area contributed by atoms with E-state index < -0.39 is 0 Å². The van der Waals surface area contributed by atoms with Crippen LogP contribution in [0.15, 0.2) is 23.0 Å². The van der Waals surface area contributed by atoms with Crippen molar-refractivity contribution in [3.8, 4) is 0 Å². The van der Waals surface area contributed by atoms with Crippen molar-refractivity contribution in [1.82, 2.24) is 9.88 Å². The molecule has 0 saturated carbocycles. The number of carbonyl (C=O) groups excluding carboxylic acids is 1. The fraction of sp³-hybridized carbons (Fsp3) is 0.375. The molecule has 0 atom stereocenters. The third-order valence-electron chi connectivity index (χ3n) is 3.26. The average molecular weight is 274 g/mol. The van der Waals surface area contributed by atoms with Gasteiger partial charge in [-0.25, -0.2) is 0 Å². The predicted octanol–water partition coefficient (Wildman–Crippen LogP) is 2.41. The number of hydrogen-bond acceptors (Lipinski definition) is 2. The first-order chi connectivity index (χ1) is 9.40. The van der Waals surface area contributed by atoms with Crippen molar-refractivity contribution in [1.29, 1.82) is 0 Å². The van der Waals surface area contributed by atoms with Gasteiger partial charge in [0.1, 0.15) is 0 Å². The van der Waals surface area contributed by atoms with Gasteiger partial charge in [-0.3, -0.25) is 9.59 Å². The van der Waals surface area contributed by atoms with E-state index in [-0.39, 0.29) is 5.56 Å². The number of hydrogen-bond donors (Lipinski definition) is 1. The van der Waals surface area contributed by atoms with Gasteiger partial charge in [0.15, 0.2) is 0 Å². The highest BCUT2D eigenvalue weighted by Crippen LogP contribution is 2.18. The van der Waals surface area contributed by atoms with Gasteiger partial charge >= 0.3 is 0 Å². The quantitative estimate of drug-likeness (QED) is 0.855. The highest BCUT2D eigenvalue weighted by Gasteiger charge is 2.04. The molecule has 0 aliphatic rings. The highest BCUT2D eigenvalue weighted by molar-refractivity contribution is 5.83. The summed E-state index contributed by atoms with van der Waals surface area (Å²) in [7, 11) is 3.38. The number of aromatic amines is 1. The van der Waals surface area contributed by atoms with Crippen LogP contribution in [-0.4, -0.2) is 30.4 Å². The lowest BCUT2D eigenvalue weighted by molar-refractivity contribution is -0.115. The second-order valence-electron chi connectivity index (χ2n) is 5.01. The Morgan fingerprint density at radius 3 is 2.30 bits per heavy atom. The lowest BCUT2D eigenvalue weighted by atomic mass is 10.0. The number of amides is 1. The summed E-state index contributed by atoms with van der Waals surface area (Å²) in [5.41, 5.74) is 4.11. The van der Waals surface area contributed by atoms with Gasteiger partial charge in [0.05, 0.1) is 0 Å². The van der Waals surface area contributed by atoms with E-state index >= 15 is 0 Å². The van der Waals surface area contributed by atoms with E-state index in [1.807, 2.05) is 13.8 Å². The molecule has 1 amide bonds. The number of rotatable bonds is 2. The van der Waals surface area contributed by atoms with E-state index in [2.05, 4.69) is 30.1 Å². The number of H-pyrrole nitrogens is 1. The smallest absolute Gasteiger partial charge is 0.251 e. The summed E-state index contributed by atoms with van der Waals surface area (Å²) >= 11 is 0. The minimum Gasteiger partial charge on any atom is -0.351 e. The Balaban J connectivity index is 0.000000347. The van der Waals surface area contributed by atoms with Crippen LogP contribution < -0.4 is 5.56 Å². The number of aryl methyl sites for hydroxylation is 2. The average Bonchev–Trinajstić information content (AvgIpc) is 2.44. The molecule has 0 spiro atoms. The molecule has 0 bridgehead atoms. The van der Waals surface area contributed by atoms with Crippen LogP contribution >= 0.6 is 0 Å². The molecule has 0 saturated heterocycles. The number of benzene rings is 1. The summed E-state index contributed by atoms with van der Waals surface area (Å²) < 4.78 is 0. The third kappa shape index (κ3) is 3.70. The van der Waals surface area contributed by atoms with E-state index in [1.54, 1.807) is 14.1 Å². The van der Waals surface area contributed by atoms with Crippen LogP contribution in [0.1, 0.15) is 23.6 Å². The van der Waals surface area contributed by atoms with Gasteiger partial charge in [-0.2, -0.15) is 0 Å². The molecule has 2 rings (SSSR count). The first-order valence-corrected chi connectivity index (χ1v) is 6.64. The van der Waals surface area contributed by atoms with Crippen LogP contribution in [-0.2, 0) is 11.2 Å². The van der Waals surface area contributed by atoms with Crippen LogP contribution in [0.5, 0.6) is 0 Å². The predicted molar refractivity (Wildman–Crippen MR) is 83.2 cm³/mol. The van der Waals surface area contributed by atoms with Crippen molar-refractivity contribution in [3.63, 3.8) is 0 Å². The molecule has 0 unspecified atom stereocenters. The number of fused-ring (bicyclic) bond motifs is 1. The summed E-state index contributed by atoms with van der Waals surface area (Å²) in [5.74, 6) is 0. The first kappa shape index (κ1) is 16.0. The second kappa shape index (κ2) is 6.89. The van der Waals surface area contributed by atoms with E-state index in [1.165, 1.54) is 10.5 Å². The Morgan fingerprint density at radius 1 is 1.20 bits per heavy atom. The monoisotopic (exact) mass is 274 g/mol. The molecule has 4 heteroatoms. The Labute approximate surface area is 119 Å². The number of nitrogens with one attached hydrogen (secondary N) is 1.